The van der Waals surface area contributed by atoms with Gasteiger partial charge in [0.25, 0.3) is 0 Å². The minimum atomic E-state index is -0.655. The molecular formula is C22H32N4O5. The summed E-state index contributed by atoms with van der Waals surface area (Å²) in [6, 6.07) is 4.77. The Labute approximate surface area is 183 Å². The first-order valence-corrected chi connectivity index (χ1v) is 10.5. The van der Waals surface area contributed by atoms with Gasteiger partial charge in [0.05, 0.1) is 32.4 Å². The number of hydrogen-bond donors (Lipinski definition) is 2. The van der Waals surface area contributed by atoms with Gasteiger partial charge >= 0.3 is 12.0 Å². The Morgan fingerprint density at radius 3 is 2.61 bits per heavy atom. The highest BCUT2D eigenvalue weighted by atomic mass is 16.5. The van der Waals surface area contributed by atoms with Gasteiger partial charge in [-0.15, -0.1) is 0 Å². The Kier molecular flexibility index (Phi) is 7.40. The van der Waals surface area contributed by atoms with Gasteiger partial charge < -0.3 is 24.8 Å². The second-order valence-corrected chi connectivity index (χ2v) is 7.73. The van der Waals surface area contributed by atoms with E-state index in [1.165, 1.54) is 4.90 Å². The number of nitrogens with one attached hydrogen (secondary N) is 2. The van der Waals surface area contributed by atoms with Crippen molar-refractivity contribution < 1.29 is 23.8 Å². The summed E-state index contributed by atoms with van der Waals surface area (Å²) in [6.45, 7) is 7.14. The van der Waals surface area contributed by atoms with Crippen molar-refractivity contribution in [3.8, 4) is 11.5 Å². The molecule has 0 bridgehead atoms. The van der Waals surface area contributed by atoms with E-state index < -0.39 is 12.0 Å². The molecule has 2 heterocycles. The van der Waals surface area contributed by atoms with Crippen molar-refractivity contribution in [3.05, 3.63) is 35.0 Å². The molecule has 170 valence electrons. The summed E-state index contributed by atoms with van der Waals surface area (Å²) in [5.74, 6) is 0.656. The number of benzene rings is 1. The van der Waals surface area contributed by atoms with Crippen LogP contribution in [-0.2, 0) is 9.53 Å². The van der Waals surface area contributed by atoms with Crippen LogP contribution < -0.4 is 20.1 Å². The third-order valence-electron chi connectivity index (χ3n) is 5.64. The Bertz CT molecular complexity index is 856. The van der Waals surface area contributed by atoms with E-state index in [0.29, 0.717) is 40.9 Å². The normalized spacial score (nSPS) is 22.2. The molecule has 0 radical (unpaired) electrons. The number of esters is 1. The van der Waals surface area contributed by atoms with E-state index in [4.69, 9.17) is 14.2 Å². The maximum atomic E-state index is 13.1. The van der Waals surface area contributed by atoms with Crippen LogP contribution in [0.5, 0.6) is 11.5 Å². The molecule has 9 heteroatoms. The summed E-state index contributed by atoms with van der Waals surface area (Å²) in [4.78, 5) is 29.7. The van der Waals surface area contributed by atoms with Crippen LogP contribution in [0.2, 0.25) is 0 Å². The number of hydrogen-bond acceptors (Lipinski definition) is 7. The molecule has 0 saturated carbocycles. The van der Waals surface area contributed by atoms with Gasteiger partial charge in [-0.2, -0.15) is 0 Å². The van der Waals surface area contributed by atoms with Gasteiger partial charge in [-0.3, -0.25) is 9.80 Å². The number of amides is 2. The van der Waals surface area contributed by atoms with E-state index in [9.17, 15) is 9.59 Å². The van der Waals surface area contributed by atoms with Crippen molar-refractivity contribution in [2.45, 2.75) is 25.9 Å². The quantitative estimate of drug-likeness (QED) is 0.631. The van der Waals surface area contributed by atoms with E-state index in [0.717, 1.165) is 19.6 Å². The number of urea groups is 1. The molecule has 0 aromatic heterocycles. The van der Waals surface area contributed by atoms with E-state index in [1.54, 1.807) is 40.3 Å². The number of methoxy groups -OCH3 is 2. The lowest BCUT2D eigenvalue weighted by molar-refractivity contribution is -0.139. The van der Waals surface area contributed by atoms with E-state index in [-0.39, 0.29) is 12.6 Å². The van der Waals surface area contributed by atoms with Crippen LogP contribution in [0.15, 0.2) is 29.5 Å². The average molecular weight is 433 g/mol. The molecule has 2 aliphatic heterocycles. The first-order chi connectivity index (χ1) is 14.9. The predicted octanol–water partition coefficient (Wildman–Crippen LogP) is 1.51. The Balaban J connectivity index is 2.07. The van der Waals surface area contributed by atoms with Gasteiger partial charge in [0.1, 0.15) is 0 Å². The summed E-state index contributed by atoms with van der Waals surface area (Å²) in [6.07, 6.45) is 0. The molecule has 0 spiro atoms. The monoisotopic (exact) mass is 432 g/mol. The molecule has 1 saturated heterocycles. The fourth-order valence-corrected chi connectivity index (χ4v) is 4.05. The van der Waals surface area contributed by atoms with Crippen LogP contribution in [-0.4, -0.2) is 81.9 Å². The number of carbonyl (C=O) groups is 2. The highest BCUT2D eigenvalue weighted by Gasteiger charge is 2.38. The number of nitrogens with zero attached hydrogens (tertiary/aromatic N) is 2. The van der Waals surface area contributed by atoms with Gasteiger partial charge in [0.15, 0.2) is 11.5 Å². The molecule has 31 heavy (non-hydrogen) atoms. The van der Waals surface area contributed by atoms with Crippen molar-refractivity contribution in [1.29, 1.82) is 0 Å². The van der Waals surface area contributed by atoms with E-state index in [1.807, 2.05) is 6.07 Å². The third-order valence-corrected chi connectivity index (χ3v) is 5.64. The van der Waals surface area contributed by atoms with Crippen LogP contribution >= 0.6 is 0 Å². The number of piperazine rings is 1. The molecule has 0 aliphatic carbocycles. The van der Waals surface area contributed by atoms with E-state index in [2.05, 4.69) is 22.5 Å². The highest BCUT2D eigenvalue weighted by Crippen LogP contribution is 2.36. The second kappa shape index (κ2) is 10.0. The van der Waals surface area contributed by atoms with Gasteiger partial charge in [0.2, 0.25) is 0 Å². The zero-order valence-corrected chi connectivity index (χ0v) is 18.9. The van der Waals surface area contributed by atoms with Crippen LogP contribution in [0.3, 0.4) is 0 Å². The molecule has 2 unspecified atom stereocenters. The van der Waals surface area contributed by atoms with Crippen LogP contribution in [0.25, 0.3) is 0 Å². The van der Waals surface area contributed by atoms with Crippen molar-refractivity contribution in [2.75, 3.05) is 54.1 Å². The first kappa shape index (κ1) is 22.9. The van der Waals surface area contributed by atoms with Gasteiger partial charge in [-0.25, -0.2) is 9.59 Å². The molecule has 2 amide bonds. The lowest BCUT2D eigenvalue weighted by Crippen LogP contribution is -2.53. The molecule has 1 aromatic carbocycles. The highest BCUT2D eigenvalue weighted by molar-refractivity contribution is 5.95. The topological polar surface area (TPSA) is 92.4 Å². The molecule has 2 N–H and O–H groups in total. The summed E-state index contributed by atoms with van der Waals surface area (Å²) < 4.78 is 16.1. The lowest BCUT2D eigenvalue weighted by atomic mass is 9.94. The smallest absolute Gasteiger partial charge is 0.338 e. The minimum absolute atomic E-state index is 0.247. The Morgan fingerprint density at radius 1 is 1.23 bits per heavy atom. The standard InChI is InChI=1S/C22H32N4O5/c1-6-31-21(27)19-16(13-26-10-9-23-14(2)12-26)25(3)22(28)24-20(19)15-7-8-17(29-4)18(11-15)30-5/h7-8,11,14,20,23H,6,9-10,12-13H2,1-5H3,(H,24,28). The van der Waals surface area contributed by atoms with Crippen molar-refractivity contribution in [2.24, 2.45) is 0 Å². The second-order valence-electron chi connectivity index (χ2n) is 7.73. The summed E-state index contributed by atoms with van der Waals surface area (Å²) in [5, 5.41) is 6.35. The fraction of sp³-hybridized carbons (Fsp3) is 0.545. The predicted molar refractivity (Wildman–Crippen MR) is 116 cm³/mol. The zero-order valence-electron chi connectivity index (χ0n) is 18.9. The molecule has 3 rings (SSSR count). The number of carbonyl (C=O) groups excluding carboxylic acids is 2. The van der Waals surface area contributed by atoms with E-state index >= 15 is 0 Å². The zero-order chi connectivity index (χ0) is 22.5. The minimum Gasteiger partial charge on any atom is -0.493 e. The van der Waals surface area contributed by atoms with Crippen molar-refractivity contribution in [1.82, 2.24) is 20.4 Å². The van der Waals surface area contributed by atoms with Crippen LogP contribution in [0.1, 0.15) is 25.5 Å². The largest absolute Gasteiger partial charge is 0.493 e. The maximum absolute atomic E-state index is 13.1. The lowest BCUT2D eigenvalue weighted by Gasteiger charge is -2.38. The molecule has 1 fully saturated rings. The molecule has 2 aliphatic rings. The van der Waals surface area contributed by atoms with Gasteiger partial charge in [0, 0.05) is 45.0 Å². The molecule has 2 atom stereocenters. The summed E-state index contributed by atoms with van der Waals surface area (Å²) >= 11 is 0. The Hall–Kier alpha value is -2.78. The maximum Gasteiger partial charge on any atom is 0.338 e. The molecule has 1 aromatic rings. The molecule has 9 nitrogen and oxygen atoms in total. The summed E-state index contributed by atoms with van der Waals surface area (Å²) in [7, 11) is 4.79. The molecular weight excluding hydrogens is 400 g/mol. The van der Waals surface area contributed by atoms with Crippen LogP contribution in [0, 0.1) is 0 Å². The first-order valence-electron chi connectivity index (χ1n) is 10.5. The number of ether oxygens (including phenoxy) is 3. The third kappa shape index (κ3) is 4.94. The van der Waals surface area contributed by atoms with Crippen molar-refractivity contribution in [3.63, 3.8) is 0 Å². The SMILES string of the molecule is CCOC(=O)C1=C(CN2CCNC(C)C2)N(C)C(=O)NC1c1ccc(OC)c(OC)c1. The average Bonchev–Trinajstić information content (AvgIpc) is 2.76. The van der Waals surface area contributed by atoms with Gasteiger partial charge in [-0.1, -0.05) is 6.07 Å². The Morgan fingerprint density at radius 2 is 1.97 bits per heavy atom. The number of rotatable bonds is 7. The van der Waals surface area contributed by atoms with Crippen LogP contribution in [0.4, 0.5) is 4.79 Å². The summed E-state index contributed by atoms with van der Waals surface area (Å²) in [5.41, 5.74) is 1.80. The fourth-order valence-electron chi connectivity index (χ4n) is 4.05. The van der Waals surface area contributed by atoms with Crippen molar-refractivity contribution >= 4 is 12.0 Å². The number of likely N-dealkylation sites (N-methyl/N-ethyl adjacent to an activating group) is 1. The van der Waals surface area contributed by atoms with Gasteiger partial charge in [-0.05, 0) is 31.5 Å².